The summed E-state index contributed by atoms with van der Waals surface area (Å²) in [6, 6.07) is 0. The molecule has 1 atom stereocenters. The van der Waals surface area contributed by atoms with E-state index in [1.54, 1.807) is 6.33 Å². The van der Waals surface area contributed by atoms with Gasteiger partial charge in [0.25, 0.3) is 0 Å². The zero-order chi connectivity index (χ0) is 15.8. The first-order chi connectivity index (χ1) is 9.64. The molecule has 2 rings (SSSR count). The molecule has 0 spiro atoms. The average Bonchev–Trinajstić information content (AvgIpc) is 2.83. The van der Waals surface area contributed by atoms with E-state index < -0.39 is 11.0 Å². The van der Waals surface area contributed by atoms with Crippen molar-refractivity contribution in [1.29, 1.82) is 0 Å². The van der Waals surface area contributed by atoms with Gasteiger partial charge in [0, 0.05) is 31.6 Å². The quantitative estimate of drug-likeness (QED) is 0.911. The van der Waals surface area contributed by atoms with Gasteiger partial charge in [-0.3, -0.25) is 4.79 Å². The number of piperidine rings is 1. The molecule has 1 amide bonds. The molecule has 0 aromatic carbocycles. The molecule has 2 N–H and O–H groups in total. The molecular formula is C15H27N5O. The molecule has 1 aliphatic heterocycles. The maximum Gasteiger partial charge on any atom is 0.230 e. The van der Waals surface area contributed by atoms with Crippen molar-refractivity contribution in [2.24, 2.45) is 18.2 Å². The fourth-order valence-corrected chi connectivity index (χ4v) is 2.71. The van der Waals surface area contributed by atoms with Crippen LogP contribution in [0, 0.1) is 5.41 Å². The standard InChI is InChI=1S/C15H27N5O/c1-14(2,15(3,4)16)13(21)20-8-6-7-11(9-20)12-18-17-10-19(12)5/h10-11H,6-9,16H2,1-5H3. The van der Waals surface area contributed by atoms with Crippen molar-refractivity contribution in [3.8, 4) is 0 Å². The van der Waals surface area contributed by atoms with Crippen LogP contribution in [0.15, 0.2) is 6.33 Å². The first-order valence-electron chi connectivity index (χ1n) is 7.56. The molecule has 0 aliphatic carbocycles. The minimum atomic E-state index is -0.589. The number of aromatic nitrogens is 3. The van der Waals surface area contributed by atoms with Crippen molar-refractivity contribution in [2.75, 3.05) is 13.1 Å². The molecule has 1 aliphatic rings. The van der Waals surface area contributed by atoms with Gasteiger partial charge in [-0.05, 0) is 40.5 Å². The fourth-order valence-electron chi connectivity index (χ4n) is 2.71. The monoisotopic (exact) mass is 293 g/mol. The van der Waals surface area contributed by atoms with Crippen LogP contribution in [0.1, 0.15) is 52.3 Å². The molecule has 21 heavy (non-hydrogen) atoms. The average molecular weight is 293 g/mol. The van der Waals surface area contributed by atoms with Gasteiger partial charge in [0.05, 0.1) is 5.41 Å². The molecule has 1 aromatic rings. The van der Waals surface area contributed by atoms with E-state index in [1.165, 1.54) is 0 Å². The van der Waals surface area contributed by atoms with Gasteiger partial charge in [-0.25, -0.2) is 0 Å². The fraction of sp³-hybridized carbons (Fsp3) is 0.800. The summed E-state index contributed by atoms with van der Waals surface area (Å²) in [5, 5.41) is 8.14. The minimum Gasteiger partial charge on any atom is -0.341 e. The summed E-state index contributed by atoms with van der Waals surface area (Å²) in [5.74, 6) is 1.34. The highest BCUT2D eigenvalue weighted by Crippen LogP contribution is 2.33. The highest BCUT2D eigenvalue weighted by molar-refractivity contribution is 5.83. The summed E-state index contributed by atoms with van der Waals surface area (Å²) in [6.07, 6.45) is 3.75. The third-order valence-electron chi connectivity index (χ3n) is 4.97. The normalized spacial score (nSPS) is 20.7. The second-order valence-electron chi connectivity index (χ2n) is 7.24. The van der Waals surface area contributed by atoms with Gasteiger partial charge in [0.1, 0.15) is 12.2 Å². The van der Waals surface area contributed by atoms with E-state index in [0.29, 0.717) is 6.54 Å². The predicted molar refractivity (Wildman–Crippen MR) is 81.6 cm³/mol. The van der Waals surface area contributed by atoms with Crippen molar-refractivity contribution >= 4 is 5.91 Å². The molecule has 1 unspecified atom stereocenters. The number of hydrogen-bond acceptors (Lipinski definition) is 4. The largest absolute Gasteiger partial charge is 0.341 e. The number of carbonyl (C=O) groups excluding carboxylic acids is 1. The van der Waals surface area contributed by atoms with Gasteiger partial charge in [-0.2, -0.15) is 0 Å². The summed E-state index contributed by atoms with van der Waals surface area (Å²) < 4.78 is 1.94. The van der Waals surface area contributed by atoms with Crippen LogP contribution in [0.2, 0.25) is 0 Å². The lowest BCUT2D eigenvalue weighted by atomic mass is 9.73. The van der Waals surface area contributed by atoms with E-state index in [9.17, 15) is 4.79 Å². The summed E-state index contributed by atoms with van der Waals surface area (Å²) in [7, 11) is 1.95. The van der Waals surface area contributed by atoms with Crippen LogP contribution < -0.4 is 5.73 Å². The zero-order valence-corrected chi connectivity index (χ0v) is 13.8. The molecule has 0 radical (unpaired) electrons. The lowest BCUT2D eigenvalue weighted by Crippen LogP contribution is -2.57. The van der Waals surface area contributed by atoms with Crippen LogP contribution in [0.4, 0.5) is 0 Å². The van der Waals surface area contributed by atoms with Crippen LogP contribution in [0.5, 0.6) is 0 Å². The Hall–Kier alpha value is -1.43. The van der Waals surface area contributed by atoms with Gasteiger partial charge < -0.3 is 15.2 Å². The lowest BCUT2D eigenvalue weighted by molar-refractivity contribution is -0.144. The molecule has 0 saturated carbocycles. The van der Waals surface area contributed by atoms with Crippen LogP contribution in [0.25, 0.3) is 0 Å². The minimum absolute atomic E-state index is 0.127. The third kappa shape index (κ3) is 2.95. The van der Waals surface area contributed by atoms with E-state index >= 15 is 0 Å². The molecule has 1 saturated heterocycles. The number of hydrogen-bond donors (Lipinski definition) is 1. The van der Waals surface area contributed by atoms with Crippen LogP contribution in [0.3, 0.4) is 0 Å². The first kappa shape index (κ1) is 15.9. The first-order valence-corrected chi connectivity index (χ1v) is 7.56. The molecule has 1 aromatic heterocycles. The number of nitrogens with zero attached hydrogens (tertiary/aromatic N) is 4. The van der Waals surface area contributed by atoms with E-state index in [1.807, 2.05) is 44.2 Å². The lowest BCUT2D eigenvalue weighted by Gasteiger charge is -2.43. The smallest absolute Gasteiger partial charge is 0.230 e. The van der Waals surface area contributed by atoms with E-state index in [-0.39, 0.29) is 11.8 Å². The Bertz CT molecular complexity index is 514. The molecule has 0 bridgehead atoms. The molecule has 118 valence electrons. The number of amides is 1. The second-order valence-corrected chi connectivity index (χ2v) is 7.24. The Morgan fingerprint density at radius 3 is 2.57 bits per heavy atom. The molecule has 1 fully saturated rings. The van der Waals surface area contributed by atoms with Crippen LogP contribution >= 0.6 is 0 Å². The van der Waals surface area contributed by atoms with Crippen molar-refractivity contribution in [1.82, 2.24) is 19.7 Å². The van der Waals surface area contributed by atoms with Gasteiger partial charge in [0.15, 0.2) is 0 Å². The van der Waals surface area contributed by atoms with E-state index in [4.69, 9.17) is 5.73 Å². The highest BCUT2D eigenvalue weighted by atomic mass is 16.2. The van der Waals surface area contributed by atoms with Gasteiger partial charge in [-0.15, -0.1) is 10.2 Å². The maximum absolute atomic E-state index is 12.9. The Balaban J connectivity index is 2.15. The van der Waals surface area contributed by atoms with Crippen LogP contribution in [-0.4, -0.2) is 44.2 Å². The molecule has 6 nitrogen and oxygen atoms in total. The number of carbonyl (C=O) groups is 1. The van der Waals surface area contributed by atoms with Crippen molar-refractivity contribution in [2.45, 2.75) is 52.0 Å². The van der Waals surface area contributed by atoms with Crippen LogP contribution in [-0.2, 0) is 11.8 Å². The Labute approximate surface area is 126 Å². The Kier molecular flexibility index (Phi) is 4.10. The number of nitrogens with two attached hydrogens (primary N) is 1. The van der Waals surface area contributed by atoms with Crippen molar-refractivity contribution in [3.05, 3.63) is 12.2 Å². The van der Waals surface area contributed by atoms with Gasteiger partial charge >= 0.3 is 0 Å². The van der Waals surface area contributed by atoms with E-state index in [0.717, 1.165) is 25.2 Å². The summed E-state index contributed by atoms with van der Waals surface area (Å²) in [5.41, 5.74) is 5.06. The second kappa shape index (κ2) is 5.40. The van der Waals surface area contributed by atoms with Crippen molar-refractivity contribution in [3.63, 3.8) is 0 Å². The molecule has 2 heterocycles. The topological polar surface area (TPSA) is 77.0 Å². The maximum atomic E-state index is 12.9. The van der Waals surface area contributed by atoms with E-state index in [2.05, 4.69) is 10.2 Å². The SMILES string of the molecule is Cn1cnnc1C1CCCN(C(=O)C(C)(C)C(C)(C)N)C1. The Morgan fingerprint density at radius 1 is 1.38 bits per heavy atom. The molecular weight excluding hydrogens is 266 g/mol. The molecule has 6 heteroatoms. The predicted octanol–water partition coefficient (Wildman–Crippen LogP) is 1.28. The summed E-state index contributed by atoms with van der Waals surface area (Å²) in [6.45, 7) is 9.18. The number of aryl methyl sites for hydroxylation is 1. The Morgan fingerprint density at radius 2 is 2.05 bits per heavy atom. The van der Waals surface area contributed by atoms with Crippen molar-refractivity contribution < 1.29 is 4.79 Å². The zero-order valence-electron chi connectivity index (χ0n) is 13.8. The highest BCUT2D eigenvalue weighted by Gasteiger charge is 2.43. The van der Waals surface area contributed by atoms with Gasteiger partial charge in [-0.1, -0.05) is 0 Å². The summed E-state index contributed by atoms with van der Waals surface area (Å²) >= 11 is 0. The third-order valence-corrected chi connectivity index (χ3v) is 4.97. The summed E-state index contributed by atoms with van der Waals surface area (Å²) in [4.78, 5) is 14.8. The number of likely N-dealkylation sites (tertiary alicyclic amines) is 1. The number of rotatable bonds is 3. The van der Waals surface area contributed by atoms with Gasteiger partial charge in [0.2, 0.25) is 5.91 Å².